The van der Waals surface area contributed by atoms with Gasteiger partial charge in [0.1, 0.15) is 18.8 Å². The maximum atomic E-state index is 12.7. The minimum atomic E-state index is -0.197. The molecule has 4 heterocycles. The third-order valence-electron chi connectivity index (χ3n) is 6.17. The zero-order valence-electron chi connectivity index (χ0n) is 17.0. The molecular formula is C21H28N4O3S. The molecule has 2 fully saturated rings. The molecule has 2 amide bonds. The van der Waals surface area contributed by atoms with Crippen molar-refractivity contribution in [3.63, 3.8) is 0 Å². The molecule has 2 aliphatic heterocycles. The molecule has 156 valence electrons. The largest absolute Gasteiger partial charge is 0.447 e. The lowest BCUT2D eigenvalue weighted by atomic mass is 9.95. The van der Waals surface area contributed by atoms with E-state index in [1.54, 1.807) is 16.0 Å². The van der Waals surface area contributed by atoms with Crippen LogP contribution in [0.2, 0.25) is 0 Å². The van der Waals surface area contributed by atoms with E-state index < -0.39 is 0 Å². The smallest absolute Gasteiger partial charge is 0.410 e. The number of ether oxygens (including phenoxy) is 1. The standard InChI is InChI=1S/C21H28N4O3S/c1-3-15(2)18-14-28-21(27)25(18)16-6-9-23(10-7-16)20(26)13-24-11-8-17(22-24)19-5-4-12-29-19/h4-5,8,11-12,15-16,18H,3,6-7,9-10,13-14H2,1-2H3/t15-,18-/m0/s1. The van der Waals surface area contributed by atoms with Crippen molar-refractivity contribution in [1.82, 2.24) is 19.6 Å². The minimum absolute atomic E-state index is 0.0757. The third kappa shape index (κ3) is 4.17. The highest BCUT2D eigenvalue weighted by molar-refractivity contribution is 7.13. The summed E-state index contributed by atoms with van der Waals surface area (Å²) in [4.78, 5) is 29.9. The molecule has 0 bridgehead atoms. The third-order valence-corrected chi connectivity index (χ3v) is 7.06. The van der Waals surface area contributed by atoms with Gasteiger partial charge in [0.2, 0.25) is 5.91 Å². The summed E-state index contributed by atoms with van der Waals surface area (Å²) < 4.78 is 7.04. The highest BCUT2D eigenvalue weighted by Crippen LogP contribution is 2.29. The van der Waals surface area contributed by atoms with Gasteiger partial charge in [0.05, 0.1) is 10.9 Å². The van der Waals surface area contributed by atoms with Crippen molar-refractivity contribution in [3.8, 4) is 10.6 Å². The van der Waals surface area contributed by atoms with Gasteiger partial charge in [0.15, 0.2) is 0 Å². The number of cyclic esters (lactones) is 1. The van der Waals surface area contributed by atoms with E-state index in [2.05, 4.69) is 18.9 Å². The number of aromatic nitrogens is 2. The van der Waals surface area contributed by atoms with Crippen molar-refractivity contribution in [2.45, 2.75) is 51.7 Å². The second-order valence-electron chi connectivity index (χ2n) is 7.92. The first-order chi connectivity index (χ1) is 14.1. The predicted octanol–water partition coefficient (Wildman–Crippen LogP) is 3.47. The second kappa shape index (κ2) is 8.57. The number of piperidine rings is 1. The van der Waals surface area contributed by atoms with Gasteiger partial charge in [-0.1, -0.05) is 26.3 Å². The van der Waals surface area contributed by atoms with Crippen molar-refractivity contribution in [3.05, 3.63) is 29.8 Å². The van der Waals surface area contributed by atoms with Gasteiger partial charge in [-0.3, -0.25) is 14.4 Å². The number of likely N-dealkylation sites (tertiary alicyclic amines) is 1. The first-order valence-electron chi connectivity index (χ1n) is 10.4. The van der Waals surface area contributed by atoms with Gasteiger partial charge in [-0.05, 0) is 36.3 Å². The van der Waals surface area contributed by atoms with Crippen LogP contribution in [-0.4, -0.2) is 63.4 Å². The van der Waals surface area contributed by atoms with E-state index >= 15 is 0 Å². The summed E-state index contributed by atoms with van der Waals surface area (Å²) in [5, 5.41) is 6.54. The van der Waals surface area contributed by atoms with Gasteiger partial charge in [-0.2, -0.15) is 5.10 Å². The summed E-state index contributed by atoms with van der Waals surface area (Å²) in [5.74, 6) is 0.491. The van der Waals surface area contributed by atoms with Crippen LogP contribution in [0.1, 0.15) is 33.1 Å². The number of carbonyl (C=O) groups excluding carboxylic acids is 2. The SMILES string of the molecule is CC[C@H](C)[C@@H]1COC(=O)N1C1CCN(C(=O)Cn2ccc(-c3cccs3)n2)CC1. The number of hydrogen-bond acceptors (Lipinski definition) is 5. The van der Waals surface area contributed by atoms with Crippen LogP contribution < -0.4 is 0 Å². The summed E-state index contributed by atoms with van der Waals surface area (Å²) in [6.45, 7) is 6.38. The van der Waals surface area contributed by atoms with E-state index in [4.69, 9.17) is 4.74 Å². The van der Waals surface area contributed by atoms with E-state index in [-0.39, 0.29) is 30.6 Å². The fraction of sp³-hybridized carbons (Fsp3) is 0.571. The number of nitrogens with zero attached hydrogens (tertiary/aromatic N) is 4. The maximum absolute atomic E-state index is 12.7. The van der Waals surface area contributed by atoms with Gasteiger partial charge in [0.25, 0.3) is 0 Å². The first kappa shape index (κ1) is 19.9. The van der Waals surface area contributed by atoms with Gasteiger partial charge in [0, 0.05) is 25.3 Å². The fourth-order valence-corrected chi connectivity index (χ4v) is 4.91. The first-order valence-corrected chi connectivity index (χ1v) is 11.2. The van der Waals surface area contributed by atoms with Gasteiger partial charge in [-0.15, -0.1) is 11.3 Å². The highest BCUT2D eigenvalue weighted by atomic mass is 32.1. The summed E-state index contributed by atoms with van der Waals surface area (Å²) >= 11 is 1.64. The topological polar surface area (TPSA) is 67.7 Å². The second-order valence-corrected chi connectivity index (χ2v) is 8.87. The Morgan fingerprint density at radius 2 is 2.14 bits per heavy atom. The predicted molar refractivity (Wildman–Crippen MR) is 112 cm³/mol. The van der Waals surface area contributed by atoms with Crippen LogP contribution in [0.4, 0.5) is 4.79 Å². The van der Waals surface area contributed by atoms with Crippen molar-refractivity contribution < 1.29 is 14.3 Å². The van der Waals surface area contributed by atoms with Crippen LogP contribution in [0.3, 0.4) is 0 Å². The molecule has 2 atom stereocenters. The molecule has 0 aliphatic carbocycles. The zero-order valence-corrected chi connectivity index (χ0v) is 17.8. The molecule has 2 aromatic heterocycles. The van der Waals surface area contributed by atoms with Crippen LogP contribution in [0.15, 0.2) is 29.8 Å². The van der Waals surface area contributed by atoms with Crippen LogP contribution in [0.5, 0.6) is 0 Å². The van der Waals surface area contributed by atoms with E-state index in [9.17, 15) is 9.59 Å². The molecular weight excluding hydrogens is 388 g/mol. The number of thiophene rings is 1. The number of hydrogen-bond donors (Lipinski definition) is 0. The Kier molecular flexibility index (Phi) is 5.89. The summed E-state index contributed by atoms with van der Waals surface area (Å²) in [6.07, 6.45) is 4.28. The number of rotatable bonds is 6. The van der Waals surface area contributed by atoms with Gasteiger partial charge in [-0.25, -0.2) is 4.79 Å². The lowest BCUT2D eigenvalue weighted by Gasteiger charge is -2.39. The lowest BCUT2D eigenvalue weighted by molar-refractivity contribution is -0.133. The molecule has 8 heteroatoms. The molecule has 0 spiro atoms. The molecule has 4 rings (SSSR count). The van der Waals surface area contributed by atoms with Crippen LogP contribution in [0, 0.1) is 5.92 Å². The van der Waals surface area contributed by atoms with E-state index in [1.165, 1.54) is 0 Å². The Balaban J connectivity index is 1.32. The summed E-state index contributed by atoms with van der Waals surface area (Å²) in [7, 11) is 0. The Labute approximate surface area is 175 Å². The van der Waals surface area contributed by atoms with Crippen molar-refractivity contribution in [2.24, 2.45) is 5.92 Å². The average molecular weight is 417 g/mol. The van der Waals surface area contributed by atoms with Gasteiger partial charge >= 0.3 is 6.09 Å². The monoisotopic (exact) mass is 416 g/mol. The van der Waals surface area contributed by atoms with Crippen molar-refractivity contribution >= 4 is 23.3 Å². The average Bonchev–Trinajstić information content (AvgIpc) is 3.48. The maximum Gasteiger partial charge on any atom is 0.410 e. The van der Waals surface area contributed by atoms with Crippen molar-refractivity contribution in [1.29, 1.82) is 0 Å². The molecule has 29 heavy (non-hydrogen) atoms. The Bertz CT molecular complexity index is 842. The van der Waals surface area contributed by atoms with E-state index in [1.807, 2.05) is 39.6 Å². The quantitative estimate of drug-likeness (QED) is 0.723. The highest BCUT2D eigenvalue weighted by Gasteiger charge is 2.41. The van der Waals surface area contributed by atoms with E-state index in [0.717, 1.165) is 29.8 Å². The molecule has 0 radical (unpaired) electrons. The molecule has 0 aromatic carbocycles. The molecule has 0 N–H and O–H groups in total. The molecule has 7 nitrogen and oxygen atoms in total. The van der Waals surface area contributed by atoms with Crippen LogP contribution in [0.25, 0.3) is 10.6 Å². The number of amides is 2. The Morgan fingerprint density at radius 3 is 2.83 bits per heavy atom. The Morgan fingerprint density at radius 1 is 1.34 bits per heavy atom. The summed E-state index contributed by atoms with van der Waals surface area (Å²) in [6, 6.07) is 6.28. The van der Waals surface area contributed by atoms with Crippen molar-refractivity contribution in [2.75, 3.05) is 19.7 Å². The lowest BCUT2D eigenvalue weighted by Crippen LogP contribution is -2.51. The molecule has 0 unspecified atom stereocenters. The molecule has 2 aliphatic rings. The van der Waals surface area contributed by atoms with Crippen LogP contribution in [-0.2, 0) is 16.1 Å². The Hall–Kier alpha value is -2.35. The van der Waals surface area contributed by atoms with E-state index in [0.29, 0.717) is 25.6 Å². The van der Waals surface area contributed by atoms with Crippen LogP contribution >= 0.6 is 11.3 Å². The molecule has 2 aromatic rings. The minimum Gasteiger partial charge on any atom is -0.447 e. The number of carbonyl (C=O) groups is 2. The molecule has 2 saturated heterocycles. The normalized spacial score (nSPS) is 21.4. The zero-order chi connectivity index (χ0) is 20.4. The van der Waals surface area contributed by atoms with Gasteiger partial charge < -0.3 is 9.64 Å². The molecule has 0 saturated carbocycles. The fourth-order valence-electron chi connectivity index (χ4n) is 4.21. The summed E-state index contributed by atoms with van der Waals surface area (Å²) in [5.41, 5.74) is 0.898.